The Morgan fingerprint density at radius 1 is 1.06 bits per heavy atom. The lowest BCUT2D eigenvalue weighted by Gasteiger charge is -2.11. The van der Waals surface area contributed by atoms with Crippen molar-refractivity contribution in [1.29, 1.82) is 0 Å². The molecular weight excluding hydrogens is 231 g/mol. The molecule has 0 bridgehead atoms. The second-order valence-corrected chi connectivity index (χ2v) is 4.27. The van der Waals surface area contributed by atoms with Crippen molar-refractivity contribution in [1.82, 2.24) is 0 Å². The van der Waals surface area contributed by atoms with Gasteiger partial charge in [-0.15, -0.1) is 0 Å². The standard InChI is InChI=1S/C15H13FO2/c1-9-5-3-4-6-11(9)12-7-10(2)14(16)8-13(12)15(17)18/h3-8H,1-2H3,(H,17,18). The summed E-state index contributed by atoms with van der Waals surface area (Å²) in [5, 5.41) is 9.17. The van der Waals surface area contributed by atoms with Crippen LogP contribution in [0.4, 0.5) is 4.39 Å². The molecule has 18 heavy (non-hydrogen) atoms. The lowest BCUT2D eigenvalue weighted by atomic mass is 9.94. The van der Waals surface area contributed by atoms with Gasteiger partial charge >= 0.3 is 5.97 Å². The lowest BCUT2D eigenvalue weighted by molar-refractivity contribution is 0.0697. The van der Waals surface area contributed by atoms with E-state index in [4.69, 9.17) is 5.11 Å². The summed E-state index contributed by atoms with van der Waals surface area (Å²) in [6, 6.07) is 10.1. The smallest absolute Gasteiger partial charge is 0.336 e. The van der Waals surface area contributed by atoms with E-state index in [2.05, 4.69) is 0 Å². The second kappa shape index (κ2) is 4.61. The van der Waals surface area contributed by atoms with Gasteiger partial charge < -0.3 is 5.11 Å². The molecule has 0 heterocycles. The molecule has 1 N–H and O–H groups in total. The Morgan fingerprint density at radius 2 is 1.72 bits per heavy atom. The van der Waals surface area contributed by atoms with E-state index >= 15 is 0 Å². The maximum Gasteiger partial charge on any atom is 0.336 e. The van der Waals surface area contributed by atoms with E-state index < -0.39 is 11.8 Å². The van der Waals surface area contributed by atoms with Crippen molar-refractivity contribution < 1.29 is 14.3 Å². The summed E-state index contributed by atoms with van der Waals surface area (Å²) >= 11 is 0. The molecule has 2 nitrogen and oxygen atoms in total. The highest BCUT2D eigenvalue weighted by Crippen LogP contribution is 2.29. The Bertz CT molecular complexity index is 618. The third kappa shape index (κ3) is 2.12. The normalized spacial score (nSPS) is 10.4. The van der Waals surface area contributed by atoms with Gasteiger partial charge in [0, 0.05) is 0 Å². The van der Waals surface area contributed by atoms with Gasteiger partial charge in [0.15, 0.2) is 0 Å². The van der Waals surface area contributed by atoms with Crippen LogP contribution in [0.3, 0.4) is 0 Å². The van der Waals surface area contributed by atoms with Gasteiger partial charge in [-0.2, -0.15) is 0 Å². The van der Waals surface area contributed by atoms with Crippen molar-refractivity contribution >= 4 is 5.97 Å². The summed E-state index contributed by atoms with van der Waals surface area (Å²) in [5.41, 5.74) is 2.77. The van der Waals surface area contributed by atoms with Crippen molar-refractivity contribution in [3.05, 3.63) is 58.9 Å². The molecule has 2 aromatic rings. The van der Waals surface area contributed by atoms with Gasteiger partial charge in [0.2, 0.25) is 0 Å². The zero-order chi connectivity index (χ0) is 13.3. The predicted octanol–water partition coefficient (Wildman–Crippen LogP) is 3.81. The molecule has 0 aliphatic heterocycles. The minimum absolute atomic E-state index is 0.00704. The highest BCUT2D eigenvalue weighted by molar-refractivity contribution is 5.96. The van der Waals surface area contributed by atoms with Gasteiger partial charge in [-0.25, -0.2) is 9.18 Å². The fourth-order valence-corrected chi connectivity index (χ4v) is 1.96. The summed E-state index contributed by atoms with van der Waals surface area (Å²) in [6.07, 6.45) is 0. The molecule has 2 rings (SSSR count). The first-order valence-corrected chi connectivity index (χ1v) is 5.60. The van der Waals surface area contributed by atoms with Gasteiger partial charge in [0.25, 0.3) is 0 Å². The van der Waals surface area contributed by atoms with E-state index in [1.165, 1.54) is 0 Å². The largest absolute Gasteiger partial charge is 0.478 e. The van der Waals surface area contributed by atoms with Gasteiger partial charge in [-0.1, -0.05) is 24.3 Å². The molecular formula is C15H13FO2. The van der Waals surface area contributed by atoms with Crippen LogP contribution in [0.2, 0.25) is 0 Å². The Hall–Kier alpha value is -2.16. The SMILES string of the molecule is Cc1cc(-c2ccccc2C)c(C(=O)O)cc1F. The van der Waals surface area contributed by atoms with Crippen molar-refractivity contribution in [2.24, 2.45) is 0 Å². The van der Waals surface area contributed by atoms with Gasteiger partial charge in [0.05, 0.1) is 5.56 Å². The molecule has 0 aliphatic carbocycles. The molecule has 0 unspecified atom stereocenters. The van der Waals surface area contributed by atoms with E-state index in [0.29, 0.717) is 11.1 Å². The number of carboxylic acids is 1. The third-order valence-electron chi connectivity index (χ3n) is 2.96. The summed E-state index contributed by atoms with van der Waals surface area (Å²) in [6.45, 7) is 3.53. The number of halogens is 1. The molecule has 0 amide bonds. The molecule has 2 aromatic carbocycles. The Morgan fingerprint density at radius 3 is 2.33 bits per heavy atom. The molecule has 0 radical (unpaired) electrons. The van der Waals surface area contributed by atoms with Crippen molar-refractivity contribution in [3.63, 3.8) is 0 Å². The number of hydrogen-bond acceptors (Lipinski definition) is 1. The van der Waals surface area contributed by atoms with Crippen molar-refractivity contribution in [2.75, 3.05) is 0 Å². The number of rotatable bonds is 2. The zero-order valence-corrected chi connectivity index (χ0v) is 10.2. The highest BCUT2D eigenvalue weighted by atomic mass is 19.1. The molecule has 3 heteroatoms. The molecule has 0 fully saturated rings. The number of aryl methyl sites for hydroxylation is 2. The van der Waals surface area contributed by atoms with E-state index in [-0.39, 0.29) is 5.56 Å². The average molecular weight is 244 g/mol. The minimum atomic E-state index is -1.12. The van der Waals surface area contributed by atoms with E-state index in [9.17, 15) is 9.18 Å². The molecule has 0 spiro atoms. The second-order valence-electron chi connectivity index (χ2n) is 4.27. The Labute approximate surface area is 105 Å². The van der Waals surface area contributed by atoms with Crippen LogP contribution in [0.15, 0.2) is 36.4 Å². The van der Waals surface area contributed by atoms with E-state index in [1.54, 1.807) is 13.0 Å². The topological polar surface area (TPSA) is 37.3 Å². The van der Waals surface area contributed by atoms with Crippen molar-refractivity contribution in [3.8, 4) is 11.1 Å². The van der Waals surface area contributed by atoms with Crippen LogP contribution in [0.1, 0.15) is 21.5 Å². The van der Waals surface area contributed by atoms with Gasteiger partial charge in [-0.3, -0.25) is 0 Å². The van der Waals surface area contributed by atoms with E-state index in [0.717, 1.165) is 17.2 Å². The molecule has 0 aliphatic rings. The molecule has 0 aromatic heterocycles. The average Bonchev–Trinajstić information content (AvgIpc) is 2.32. The first-order chi connectivity index (χ1) is 8.50. The predicted molar refractivity (Wildman–Crippen MR) is 68.3 cm³/mol. The van der Waals surface area contributed by atoms with Crippen LogP contribution in [0, 0.1) is 19.7 Å². The van der Waals surface area contributed by atoms with Crippen LogP contribution < -0.4 is 0 Å². The summed E-state index contributed by atoms with van der Waals surface area (Å²) in [5.74, 6) is -1.61. The molecule has 0 saturated carbocycles. The van der Waals surface area contributed by atoms with Crippen LogP contribution in [0.5, 0.6) is 0 Å². The maximum atomic E-state index is 13.5. The Kier molecular flexibility index (Phi) is 3.15. The zero-order valence-electron chi connectivity index (χ0n) is 10.2. The highest BCUT2D eigenvalue weighted by Gasteiger charge is 2.15. The number of aromatic carboxylic acids is 1. The third-order valence-corrected chi connectivity index (χ3v) is 2.96. The quantitative estimate of drug-likeness (QED) is 0.872. The van der Waals surface area contributed by atoms with Crippen LogP contribution in [-0.2, 0) is 0 Å². The lowest BCUT2D eigenvalue weighted by Crippen LogP contribution is -2.02. The number of carbonyl (C=O) groups is 1. The fraction of sp³-hybridized carbons (Fsp3) is 0.133. The minimum Gasteiger partial charge on any atom is -0.478 e. The monoisotopic (exact) mass is 244 g/mol. The fourth-order valence-electron chi connectivity index (χ4n) is 1.96. The van der Waals surface area contributed by atoms with Gasteiger partial charge in [0.1, 0.15) is 5.82 Å². The first kappa shape index (κ1) is 12.3. The number of hydrogen-bond donors (Lipinski definition) is 1. The molecule has 0 saturated heterocycles. The van der Waals surface area contributed by atoms with Crippen LogP contribution >= 0.6 is 0 Å². The van der Waals surface area contributed by atoms with Gasteiger partial charge in [-0.05, 0) is 48.2 Å². The Balaban J connectivity index is 2.74. The molecule has 0 atom stereocenters. The summed E-state index contributed by atoms with van der Waals surface area (Å²) in [4.78, 5) is 11.2. The number of carboxylic acid groups (broad SMARTS) is 1. The summed E-state index contributed by atoms with van der Waals surface area (Å²) < 4.78 is 13.5. The number of benzene rings is 2. The van der Waals surface area contributed by atoms with Crippen LogP contribution in [-0.4, -0.2) is 11.1 Å². The first-order valence-electron chi connectivity index (χ1n) is 5.60. The van der Waals surface area contributed by atoms with Crippen LogP contribution in [0.25, 0.3) is 11.1 Å². The maximum absolute atomic E-state index is 13.5. The van der Waals surface area contributed by atoms with E-state index in [1.807, 2.05) is 31.2 Å². The van der Waals surface area contributed by atoms with Crippen molar-refractivity contribution in [2.45, 2.75) is 13.8 Å². The molecule has 92 valence electrons. The summed E-state index contributed by atoms with van der Waals surface area (Å²) in [7, 11) is 0.